The van der Waals surface area contributed by atoms with Gasteiger partial charge in [0.15, 0.2) is 0 Å². The highest BCUT2D eigenvalue weighted by atomic mass is 16.5. The second-order valence-electron chi connectivity index (χ2n) is 3.83. The number of ether oxygens (including phenoxy) is 3. The molecule has 0 atom stereocenters. The van der Waals surface area contributed by atoms with E-state index < -0.39 is 11.9 Å². The third-order valence-corrected chi connectivity index (χ3v) is 2.18. The molecule has 5 nitrogen and oxygen atoms in total. The predicted molar refractivity (Wildman–Crippen MR) is 64.9 cm³/mol. The van der Waals surface area contributed by atoms with Gasteiger partial charge in [0.1, 0.15) is 11.3 Å². The Morgan fingerprint density at radius 1 is 1.06 bits per heavy atom. The molecule has 1 aromatic carbocycles. The van der Waals surface area contributed by atoms with Gasteiger partial charge in [-0.15, -0.1) is 0 Å². The number of methoxy groups -OCH3 is 2. The Morgan fingerprint density at radius 3 is 2.17 bits per heavy atom. The summed E-state index contributed by atoms with van der Waals surface area (Å²) >= 11 is 0. The van der Waals surface area contributed by atoms with Crippen molar-refractivity contribution >= 4 is 11.9 Å². The lowest BCUT2D eigenvalue weighted by Gasteiger charge is -2.15. The minimum absolute atomic E-state index is 0.0838. The third kappa shape index (κ3) is 3.00. The number of rotatable bonds is 4. The van der Waals surface area contributed by atoms with E-state index in [0.29, 0.717) is 5.75 Å². The molecule has 0 N–H and O–H groups in total. The average Bonchev–Trinajstić information content (AvgIpc) is 2.36. The van der Waals surface area contributed by atoms with Crippen LogP contribution in [0.2, 0.25) is 0 Å². The van der Waals surface area contributed by atoms with Crippen molar-refractivity contribution in [3.8, 4) is 5.75 Å². The largest absolute Gasteiger partial charge is 0.490 e. The Labute approximate surface area is 106 Å². The lowest BCUT2D eigenvalue weighted by molar-refractivity contribution is 0.0549. The van der Waals surface area contributed by atoms with Crippen molar-refractivity contribution in [3.05, 3.63) is 29.3 Å². The smallest absolute Gasteiger partial charge is 0.342 e. The maximum absolute atomic E-state index is 11.7. The summed E-state index contributed by atoms with van der Waals surface area (Å²) in [7, 11) is 2.49. The zero-order chi connectivity index (χ0) is 13.7. The maximum Gasteiger partial charge on any atom is 0.342 e. The minimum Gasteiger partial charge on any atom is -0.490 e. The fraction of sp³-hybridized carbons (Fsp3) is 0.385. The molecule has 0 bridgehead atoms. The minimum atomic E-state index is -0.633. The second kappa shape index (κ2) is 6.05. The van der Waals surface area contributed by atoms with Crippen molar-refractivity contribution in [1.82, 2.24) is 0 Å². The van der Waals surface area contributed by atoms with Crippen molar-refractivity contribution in [1.29, 1.82) is 0 Å². The van der Waals surface area contributed by atoms with Gasteiger partial charge in [0.2, 0.25) is 0 Å². The van der Waals surface area contributed by atoms with Gasteiger partial charge in [0.05, 0.1) is 25.9 Å². The number of carbonyl (C=O) groups is 2. The van der Waals surface area contributed by atoms with Gasteiger partial charge in [0, 0.05) is 0 Å². The monoisotopic (exact) mass is 252 g/mol. The molecule has 0 saturated carbocycles. The van der Waals surface area contributed by atoms with E-state index in [1.807, 2.05) is 13.8 Å². The summed E-state index contributed by atoms with van der Waals surface area (Å²) in [5.74, 6) is -0.934. The first-order valence-corrected chi connectivity index (χ1v) is 5.47. The van der Waals surface area contributed by atoms with E-state index in [-0.39, 0.29) is 17.2 Å². The Morgan fingerprint density at radius 2 is 1.67 bits per heavy atom. The standard InChI is InChI=1S/C13H16O5/c1-8(2)18-10-7-5-6-9(12(14)16-3)11(10)13(15)17-4/h5-8H,1-4H3. The van der Waals surface area contributed by atoms with E-state index in [0.717, 1.165) is 0 Å². The Kier molecular flexibility index (Phi) is 4.71. The molecule has 0 heterocycles. The van der Waals surface area contributed by atoms with Gasteiger partial charge in [-0.05, 0) is 26.0 Å². The lowest BCUT2D eigenvalue weighted by Crippen LogP contribution is -2.16. The average molecular weight is 252 g/mol. The molecule has 0 spiro atoms. The number of hydrogen-bond donors (Lipinski definition) is 0. The molecule has 0 radical (unpaired) electrons. The highest BCUT2D eigenvalue weighted by molar-refractivity contribution is 6.05. The third-order valence-electron chi connectivity index (χ3n) is 2.18. The lowest BCUT2D eigenvalue weighted by atomic mass is 10.1. The first-order valence-electron chi connectivity index (χ1n) is 5.47. The van der Waals surface area contributed by atoms with Crippen LogP contribution in [0.5, 0.6) is 5.75 Å². The molecule has 0 fully saturated rings. The summed E-state index contributed by atoms with van der Waals surface area (Å²) in [5.41, 5.74) is 0.211. The Hall–Kier alpha value is -2.04. The van der Waals surface area contributed by atoms with E-state index in [4.69, 9.17) is 4.74 Å². The van der Waals surface area contributed by atoms with E-state index >= 15 is 0 Å². The topological polar surface area (TPSA) is 61.8 Å². The molecule has 1 aromatic rings. The maximum atomic E-state index is 11.7. The van der Waals surface area contributed by atoms with Gasteiger partial charge >= 0.3 is 11.9 Å². The molecule has 0 unspecified atom stereocenters. The van der Waals surface area contributed by atoms with E-state index in [1.54, 1.807) is 12.1 Å². The summed E-state index contributed by atoms with van der Waals surface area (Å²) in [5, 5.41) is 0. The number of esters is 2. The van der Waals surface area contributed by atoms with Crippen LogP contribution < -0.4 is 4.74 Å². The second-order valence-corrected chi connectivity index (χ2v) is 3.83. The summed E-state index contributed by atoms with van der Waals surface area (Å²) in [6, 6.07) is 4.72. The van der Waals surface area contributed by atoms with Gasteiger partial charge in [-0.2, -0.15) is 0 Å². The molecular weight excluding hydrogens is 236 g/mol. The zero-order valence-corrected chi connectivity index (χ0v) is 10.9. The fourth-order valence-electron chi connectivity index (χ4n) is 1.48. The first-order chi connectivity index (χ1) is 8.51. The van der Waals surface area contributed by atoms with Crippen LogP contribution in [0.4, 0.5) is 0 Å². The van der Waals surface area contributed by atoms with Crippen LogP contribution >= 0.6 is 0 Å². The summed E-state index contributed by atoms with van der Waals surface area (Å²) < 4.78 is 14.8. The van der Waals surface area contributed by atoms with Gasteiger partial charge in [-0.25, -0.2) is 9.59 Å². The molecular formula is C13H16O5. The molecule has 18 heavy (non-hydrogen) atoms. The highest BCUT2D eigenvalue weighted by Gasteiger charge is 2.23. The molecule has 98 valence electrons. The first kappa shape index (κ1) is 14.0. The molecule has 0 amide bonds. The molecule has 0 aliphatic heterocycles. The van der Waals surface area contributed by atoms with Crippen LogP contribution in [0, 0.1) is 0 Å². The van der Waals surface area contributed by atoms with Gasteiger partial charge in [-0.1, -0.05) is 6.07 Å². The predicted octanol–water partition coefficient (Wildman–Crippen LogP) is 2.05. The normalized spacial score (nSPS) is 10.1. The van der Waals surface area contributed by atoms with Crippen molar-refractivity contribution in [2.45, 2.75) is 20.0 Å². The summed E-state index contributed by atoms with van der Waals surface area (Å²) in [6.45, 7) is 3.65. The van der Waals surface area contributed by atoms with Crippen molar-refractivity contribution in [2.75, 3.05) is 14.2 Å². The number of benzene rings is 1. The molecule has 0 saturated heterocycles. The van der Waals surface area contributed by atoms with Gasteiger partial charge in [0.25, 0.3) is 0 Å². The van der Waals surface area contributed by atoms with E-state index in [1.165, 1.54) is 20.3 Å². The Bertz CT molecular complexity index is 451. The number of hydrogen-bond acceptors (Lipinski definition) is 5. The van der Waals surface area contributed by atoms with Crippen molar-refractivity contribution in [3.63, 3.8) is 0 Å². The van der Waals surface area contributed by atoms with Crippen molar-refractivity contribution < 1.29 is 23.8 Å². The van der Waals surface area contributed by atoms with Crippen LogP contribution in [-0.4, -0.2) is 32.3 Å². The SMILES string of the molecule is COC(=O)c1cccc(OC(C)C)c1C(=O)OC. The quantitative estimate of drug-likeness (QED) is 0.767. The van der Waals surface area contributed by atoms with Crippen LogP contribution in [0.25, 0.3) is 0 Å². The zero-order valence-electron chi connectivity index (χ0n) is 10.9. The summed E-state index contributed by atoms with van der Waals surface area (Å²) in [4.78, 5) is 23.4. The molecule has 0 aliphatic carbocycles. The van der Waals surface area contributed by atoms with Crippen LogP contribution in [0.15, 0.2) is 18.2 Å². The molecule has 1 rings (SSSR count). The van der Waals surface area contributed by atoms with E-state index in [2.05, 4.69) is 9.47 Å². The van der Waals surface area contributed by atoms with E-state index in [9.17, 15) is 9.59 Å². The molecule has 0 aliphatic rings. The fourth-order valence-corrected chi connectivity index (χ4v) is 1.48. The van der Waals surface area contributed by atoms with Gasteiger partial charge in [-0.3, -0.25) is 0 Å². The number of carbonyl (C=O) groups excluding carboxylic acids is 2. The van der Waals surface area contributed by atoms with Crippen LogP contribution in [-0.2, 0) is 9.47 Å². The summed E-state index contributed by atoms with van der Waals surface area (Å²) in [6.07, 6.45) is -0.124. The van der Waals surface area contributed by atoms with Crippen molar-refractivity contribution in [2.24, 2.45) is 0 Å². The van der Waals surface area contributed by atoms with Gasteiger partial charge < -0.3 is 14.2 Å². The molecule has 5 heteroatoms. The van der Waals surface area contributed by atoms with Crippen LogP contribution in [0.3, 0.4) is 0 Å². The van der Waals surface area contributed by atoms with Crippen LogP contribution in [0.1, 0.15) is 34.6 Å². The Balaban J connectivity index is 3.34. The molecule has 0 aromatic heterocycles. The highest BCUT2D eigenvalue weighted by Crippen LogP contribution is 2.25.